The summed E-state index contributed by atoms with van der Waals surface area (Å²) in [5, 5.41) is 21.8. The highest BCUT2D eigenvalue weighted by Crippen LogP contribution is 2.56. The summed E-state index contributed by atoms with van der Waals surface area (Å²) in [7, 11) is 0. The molecule has 0 radical (unpaired) electrons. The van der Waals surface area contributed by atoms with Crippen LogP contribution in [0.2, 0.25) is 0 Å². The SMILES string of the molecule is CC(=O)C(=[NH2+])c1ccncc1NCC(=O)N1C[C@@H](CO)C[C@H]1C(=O)NC1CCCC2(CC2)C1. The molecule has 2 amide bonds. The zero-order valence-electron chi connectivity index (χ0n) is 19.2. The summed E-state index contributed by atoms with van der Waals surface area (Å²) in [4.78, 5) is 43.5. The third-order valence-corrected chi connectivity index (χ3v) is 7.43. The van der Waals surface area contributed by atoms with Crippen LogP contribution in [0.3, 0.4) is 0 Å². The Morgan fingerprint density at radius 1 is 1.30 bits per heavy atom. The summed E-state index contributed by atoms with van der Waals surface area (Å²) in [6.07, 6.45) is 10.4. The Kier molecular flexibility index (Phi) is 6.78. The number of hydrogen-bond donors (Lipinski definition) is 4. The van der Waals surface area contributed by atoms with Crippen LogP contribution in [-0.2, 0) is 14.4 Å². The van der Waals surface area contributed by atoms with Crippen molar-refractivity contribution in [2.45, 2.75) is 64.0 Å². The number of carbonyl (C=O) groups is 3. The number of hydrogen-bond acceptors (Lipinski definition) is 6. The van der Waals surface area contributed by atoms with Crippen molar-refractivity contribution in [3.63, 3.8) is 0 Å². The van der Waals surface area contributed by atoms with E-state index >= 15 is 0 Å². The van der Waals surface area contributed by atoms with Crippen LogP contribution in [0.15, 0.2) is 18.5 Å². The van der Waals surface area contributed by atoms with E-state index in [0.29, 0.717) is 29.6 Å². The molecular weight excluding hydrogens is 422 g/mol. The van der Waals surface area contributed by atoms with Crippen molar-refractivity contribution < 1.29 is 24.9 Å². The zero-order valence-corrected chi connectivity index (χ0v) is 19.2. The highest BCUT2D eigenvalue weighted by Gasteiger charge is 2.47. The Bertz CT molecular complexity index is 945. The predicted molar refractivity (Wildman–Crippen MR) is 122 cm³/mol. The van der Waals surface area contributed by atoms with Crippen molar-refractivity contribution in [2.75, 3.05) is 25.0 Å². The molecule has 1 aromatic heterocycles. The summed E-state index contributed by atoms with van der Waals surface area (Å²) < 4.78 is 0. The number of aliphatic hydroxyl groups excluding tert-OH is 1. The molecule has 4 rings (SSSR count). The summed E-state index contributed by atoms with van der Waals surface area (Å²) in [5.74, 6) is -0.766. The van der Waals surface area contributed by atoms with Gasteiger partial charge < -0.3 is 20.6 Å². The number of aliphatic hydroxyl groups is 1. The van der Waals surface area contributed by atoms with E-state index in [9.17, 15) is 19.5 Å². The van der Waals surface area contributed by atoms with E-state index in [1.54, 1.807) is 11.0 Å². The highest BCUT2D eigenvalue weighted by molar-refractivity contribution is 6.43. The first-order valence-corrected chi connectivity index (χ1v) is 11.8. The standard InChI is InChI=1S/C24H33N5O4/c1-15(31)22(25)18-4-8-26-11-19(18)27-12-21(32)29-13-16(14-30)9-20(29)23(33)28-17-3-2-5-24(10-17)6-7-24/h4,8,11,16-17,20,25,27,30H,2-3,5-7,9-10,12-14H2,1H3,(H,28,33)/p+1/t16-,17?,20-/m0/s1. The molecule has 0 aromatic carbocycles. The number of carbonyl (C=O) groups excluding carboxylic acids is 3. The molecule has 9 heteroatoms. The van der Waals surface area contributed by atoms with Crippen LogP contribution in [-0.4, -0.2) is 70.1 Å². The number of nitrogens with zero attached hydrogens (tertiary/aromatic N) is 2. The zero-order chi connectivity index (χ0) is 23.6. The molecule has 3 aliphatic rings. The van der Waals surface area contributed by atoms with Gasteiger partial charge in [0.1, 0.15) is 6.04 Å². The van der Waals surface area contributed by atoms with Crippen molar-refractivity contribution in [1.29, 1.82) is 0 Å². The van der Waals surface area contributed by atoms with Gasteiger partial charge in [-0.25, -0.2) is 0 Å². The Balaban J connectivity index is 1.40. The largest absolute Gasteiger partial charge is 0.396 e. The van der Waals surface area contributed by atoms with E-state index in [-0.39, 0.29) is 48.4 Å². The molecule has 1 saturated heterocycles. The van der Waals surface area contributed by atoms with Crippen molar-refractivity contribution in [2.24, 2.45) is 11.3 Å². The maximum absolute atomic E-state index is 13.1. The number of ketones is 1. The second-order valence-electron chi connectivity index (χ2n) is 9.89. The van der Waals surface area contributed by atoms with Gasteiger partial charge in [-0.05, 0) is 50.0 Å². The number of Topliss-reactive ketones (excluding diaryl/α,β-unsaturated/α-hetero) is 1. The number of amides is 2. The van der Waals surface area contributed by atoms with Gasteiger partial charge in [0.15, 0.2) is 0 Å². The molecule has 3 atom stereocenters. The number of aromatic nitrogens is 1. The molecule has 2 aliphatic carbocycles. The van der Waals surface area contributed by atoms with E-state index in [0.717, 1.165) is 19.3 Å². The summed E-state index contributed by atoms with van der Waals surface area (Å²) >= 11 is 0. The maximum Gasteiger partial charge on any atom is 0.249 e. The van der Waals surface area contributed by atoms with Gasteiger partial charge in [-0.1, -0.05) is 6.42 Å². The summed E-state index contributed by atoms with van der Waals surface area (Å²) in [5.41, 5.74) is 1.50. The summed E-state index contributed by atoms with van der Waals surface area (Å²) in [6, 6.07) is 1.20. The van der Waals surface area contributed by atoms with Crippen LogP contribution in [0.25, 0.3) is 0 Å². The van der Waals surface area contributed by atoms with E-state index in [2.05, 4.69) is 15.6 Å². The molecule has 0 bridgehead atoms. The number of likely N-dealkylation sites (tertiary alicyclic amines) is 1. The second kappa shape index (κ2) is 9.59. The first-order chi connectivity index (χ1) is 15.8. The van der Waals surface area contributed by atoms with Crippen molar-refractivity contribution in [1.82, 2.24) is 15.2 Å². The smallest absolute Gasteiger partial charge is 0.249 e. The van der Waals surface area contributed by atoms with Gasteiger partial charge in [-0.15, -0.1) is 0 Å². The average molecular weight is 457 g/mol. The van der Waals surface area contributed by atoms with Crippen molar-refractivity contribution >= 4 is 29.0 Å². The fourth-order valence-electron chi connectivity index (χ4n) is 5.31. The molecule has 1 aromatic rings. The van der Waals surface area contributed by atoms with Crippen LogP contribution in [0.1, 0.15) is 57.4 Å². The fourth-order valence-corrected chi connectivity index (χ4v) is 5.31. The molecule has 178 valence electrons. The number of pyridine rings is 1. The van der Waals surface area contributed by atoms with Crippen LogP contribution in [0.5, 0.6) is 0 Å². The van der Waals surface area contributed by atoms with Gasteiger partial charge >= 0.3 is 0 Å². The minimum Gasteiger partial charge on any atom is -0.396 e. The third-order valence-electron chi connectivity index (χ3n) is 7.43. The fraction of sp³-hybridized carbons (Fsp3) is 0.625. The van der Waals surface area contributed by atoms with Gasteiger partial charge in [0, 0.05) is 38.2 Å². The lowest BCUT2D eigenvalue weighted by molar-refractivity contribution is -0.137. The average Bonchev–Trinajstić information content (AvgIpc) is 3.39. The quantitative estimate of drug-likeness (QED) is 0.396. The first-order valence-electron chi connectivity index (χ1n) is 11.8. The minimum absolute atomic E-state index is 0.0651. The lowest BCUT2D eigenvalue weighted by Crippen LogP contribution is -2.51. The molecule has 2 heterocycles. The van der Waals surface area contributed by atoms with E-state index in [1.807, 2.05) is 0 Å². The Morgan fingerprint density at radius 3 is 2.79 bits per heavy atom. The normalized spacial score (nSPS) is 25.5. The highest BCUT2D eigenvalue weighted by atomic mass is 16.3. The number of nitrogens with two attached hydrogens (primary N) is 1. The molecule has 33 heavy (non-hydrogen) atoms. The van der Waals surface area contributed by atoms with E-state index in [1.165, 1.54) is 38.6 Å². The van der Waals surface area contributed by atoms with E-state index in [4.69, 9.17) is 5.41 Å². The maximum atomic E-state index is 13.1. The lowest BCUT2D eigenvalue weighted by atomic mass is 9.83. The van der Waals surface area contributed by atoms with Crippen LogP contribution in [0, 0.1) is 11.3 Å². The predicted octanol–water partition coefficient (Wildman–Crippen LogP) is -0.321. The van der Waals surface area contributed by atoms with Gasteiger partial charge in [0.05, 0.1) is 24.0 Å². The number of rotatable bonds is 8. The van der Waals surface area contributed by atoms with Gasteiger partial charge in [-0.3, -0.25) is 24.8 Å². The second-order valence-corrected chi connectivity index (χ2v) is 9.89. The Hall–Kier alpha value is -2.81. The molecule has 1 unspecified atom stereocenters. The molecule has 1 spiro atoms. The molecule has 9 nitrogen and oxygen atoms in total. The van der Waals surface area contributed by atoms with Crippen molar-refractivity contribution in [3.05, 3.63) is 24.0 Å². The Labute approximate surface area is 193 Å². The summed E-state index contributed by atoms with van der Waals surface area (Å²) in [6.45, 7) is 1.58. The van der Waals surface area contributed by atoms with Gasteiger partial charge in [-0.2, -0.15) is 0 Å². The molecule has 3 fully saturated rings. The molecule has 5 N–H and O–H groups in total. The lowest BCUT2D eigenvalue weighted by Gasteiger charge is -2.32. The number of anilines is 1. The van der Waals surface area contributed by atoms with Crippen LogP contribution < -0.4 is 16.0 Å². The number of nitrogens with one attached hydrogen (secondary N) is 2. The van der Waals surface area contributed by atoms with Gasteiger partial charge in [0.2, 0.25) is 23.3 Å². The molecular formula is C24H34N5O4+. The van der Waals surface area contributed by atoms with Gasteiger partial charge in [0.25, 0.3) is 0 Å². The topological polar surface area (TPSA) is 137 Å². The van der Waals surface area contributed by atoms with Crippen molar-refractivity contribution in [3.8, 4) is 0 Å². The molecule has 1 aliphatic heterocycles. The first kappa shape index (κ1) is 23.4. The monoisotopic (exact) mass is 456 g/mol. The minimum atomic E-state index is -0.587. The third kappa shape index (κ3) is 5.24. The van der Waals surface area contributed by atoms with Crippen LogP contribution in [0.4, 0.5) is 5.69 Å². The Morgan fingerprint density at radius 2 is 2.09 bits per heavy atom. The van der Waals surface area contributed by atoms with E-state index < -0.39 is 6.04 Å². The van der Waals surface area contributed by atoms with Crippen LogP contribution >= 0.6 is 0 Å². The molecule has 2 saturated carbocycles.